The van der Waals surface area contributed by atoms with Crippen LogP contribution in [0.2, 0.25) is 0 Å². The van der Waals surface area contributed by atoms with Gasteiger partial charge in [0.25, 0.3) is 0 Å². The van der Waals surface area contributed by atoms with Crippen LogP contribution in [-0.4, -0.2) is 17.5 Å². The highest BCUT2D eigenvalue weighted by Crippen LogP contribution is 2.31. The molecule has 1 heterocycles. The Hall–Kier alpha value is -2.37. The molecule has 1 aliphatic heterocycles. The Balaban J connectivity index is 1.49. The maximum atomic E-state index is 5.74. The molecule has 0 saturated carbocycles. The lowest BCUT2D eigenvalue weighted by Crippen LogP contribution is -2.23. The molecule has 3 aromatic carbocycles. The third kappa shape index (κ3) is 4.06. The molecule has 1 saturated heterocycles. The van der Waals surface area contributed by atoms with Crippen molar-refractivity contribution < 1.29 is 0 Å². The number of anilines is 2. The minimum atomic E-state index is 0.789. The first-order valence-electron chi connectivity index (χ1n) is 8.45. The van der Waals surface area contributed by atoms with Gasteiger partial charge >= 0.3 is 0 Å². The molecule has 0 aromatic heterocycles. The fourth-order valence-corrected chi connectivity index (χ4v) is 4.51. The zero-order chi connectivity index (χ0) is 17.8. The van der Waals surface area contributed by atoms with E-state index in [1.165, 1.54) is 15.5 Å². The summed E-state index contributed by atoms with van der Waals surface area (Å²) in [6.07, 6.45) is 0. The summed E-state index contributed by atoms with van der Waals surface area (Å²) in [5.74, 6) is 1.07. The zero-order valence-corrected chi connectivity index (χ0v) is 15.8. The Kier molecular flexibility index (Phi) is 5.18. The van der Waals surface area contributed by atoms with Gasteiger partial charge in [-0.15, -0.1) is 0 Å². The minimum Gasteiger partial charge on any atom is -0.399 e. The first kappa shape index (κ1) is 17.1. The lowest BCUT2D eigenvalue weighted by Gasteiger charge is -2.17. The number of amidine groups is 1. The van der Waals surface area contributed by atoms with Crippen LogP contribution < -0.4 is 10.6 Å². The van der Waals surface area contributed by atoms with Crippen LogP contribution in [0.1, 0.15) is 0 Å². The Morgan fingerprint density at radius 2 is 1.50 bits per heavy atom. The van der Waals surface area contributed by atoms with Crippen LogP contribution in [0.15, 0.2) is 93.6 Å². The van der Waals surface area contributed by atoms with Gasteiger partial charge in [-0.25, -0.2) is 4.99 Å². The Morgan fingerprint density at radius 3 is 2.19 bits per heavy atom. The van der Waals surface area contributed by atoms with Crippen molar-refractivity contribution in [3.63, 3.8) is 0 Å². The molecular weight excluding hydrogens is 358 g/mol. The third-order valence-electron chi connectivity index (χ3n) is 4.02. The predicted octanol–water partition coefficient (Wildman–Crippen LogP) is 5.66. The summed E-state index contributed by atoms with van der Waals surface area (Å²) in [5, 5.41) is 1.06. The highest BCUT2D eigenvalue weighted by Gasteiger charge is 2.20. The molecule has 0 aliphatic carbocycles. The second-order valence-corrected chi connectivity index (χ2v) is 8.10. The van der Waals surface area contributed by atoms with Gasteiger partial charge < -0.3 is 10.6 Å². The van der Waals surface area contributed by atoms with Gasteiger partial charge in [0.05, 0.1) is 5.69 Å². The van der Waals surface area contributed by atoms with Crippen molar-refractivity contribution in [1.82, 2.24) is 0 Å². The van der Waals surface area contributed by atoms with E-state index in [4.69, 9.17) is 10.7 Å². The van der Waals surface area contributed by atoms with Gasteiger partial charge in [-0.2, -0.15) is 0 Å². The van der Waals surface area contributed by atoms with Crippen LogP contribution in [0.4, 0.5) is 17.1 Å². The van der Waals surface area contributed by atoms with Crippen molar-refractivity contribution in [2.75, 3.05) is 22.9 Å². The lowest BCUT2D eigenvalue weighted by molar-refractivity contribution is 1.10. The first-order chi connectivity index (χ1) is 12.8. The first-order valence-corrected chi connectivity index (χ1v) is 10.3. The van der Waals surface area contributed by atoms with E-state index < -0.39 is 0 Å². The van der Waals surface area contributed by atoms with E-state index in [-0.39, 0.29) is 0 Å². The monoisotopic (exact) mass is 377 g/mol. The number of para-hydroxylation sites is 1. The highest BCUT2D eigenvalue weighted by molar-refractivity contribution is 8.14. The van der Waals surface area contributed by atoms with Crippen LogP contribution >= 0.6 is 23.5 Å². The van der Waals surface area contributed by atoms with Crippen molar-refractivity contribution in [3.05, 3.63) is 78.9 Å². The maximum absolute atomic E-state index is 5.74. The molecule has 130 valence electrons. The van der Waals surface area contributed by atoms with Gasteiger partial charge in [-0.3, -0.25) is 0 Å². The standard InChI is InChI=1S/C21H19N3S2/c22-16-6-10-19(11-7-16)26-20-12-8-17(9-13-20)23-21-24(14-15-25-21)18-4-2-1-3-5-18/h1-13H,14-15,22H2. The van der Waals surface area contributed by atoms with E-state index in [1.807, 2.05) is 42.1 Å². The Bertz CT molecular complexity index is 891. The number of benzene rings is 3. The summed E-state index contributed by atoms with van der Waals surface area (Å²) in [4.78, 5) is 9.51. The number of nitrogens with zero attached hydrogens (tertiary/aromatic N) is 2. The van der Waals surface area contributed by atoms with Gasteiger partial charge in [-0.05, 0) is 60.7 Å². The average Bonchev–Trinajstić information content (AvgIpc) is 3.14. The normalized spacial score (nSPS) is 15.5. The molecule has 3 aromatic rings. The van der Waals surface area contributed by atoms with Gasteiger partial charge in [-0.1, -0.05) is 41.7 Å². The number of nitrogen functional groups attached to an aromatic ring is 1. The van der Waals surface area contributed by atoms with Crippen LogP contribution in [0.25, 0.3) is 0 Å². The Morgan fingerprint density at radius 1 is 0.846 bits per heavy atom. The average molecular weight is 378 g/mol. The zero-order valence-electron chi connectivity index (χ0n) is 14.2. The number of rotatable bonds is 4. The molecule has 0 amide bonds. The summed E-state index contributed by atoms with van der Waals surface area (Å²) in [7, 11) is 0. The molecule has 26 heavy (non-hydrogen) atoms. The van der Waals surface area contributed by atoms with Crippen molar-refractivity contribution in [2.24, 2.45) is 4.99 Å². The van der Waals surface area contributed by atoms with Crippen LogP contribution in [0, 0.1) is 0 Å². The molecule has 3 nitrogen and oxygen atoms in total. The summed E-state index contributed by atoms with van der Waals surface area (Å²) >= 11 is 3.53. The van der Waals surface area contributed by atoms with Gasteiger partial charge in [0.15, 0.2) is 5.17 Å². The molecule has 2 N–H and O–H groups in total. The summed E-state index contributed by atoms with van der Waals surface area (Å²) in [6.45, 7) is 0.999. The number of hydrogen-bond acceptors (Lipinski definition) is 4. The molecule has 5 heteroatoms. The number of nitrogens with two attached hydrogens (primary N) is 1. The number of aliphatic imine (C=N–C) groups is 1. The van der Waals surface area contributed by atoms with Crippen molar-refractivity contribution in [2.45, 2.75) is 9.79 Å². The molecule has 0 radical (unpaired) electrons. The SMILES string of the molecule is Nc1ccc(Sc2ccc(N=C3SCCN3c3ccccc3)cc2)cc1. The van der Waals surface area contributed by atoms with Crippen molar-refractivity contribution in [1.29, 1.82) is 0 Å². The van der Waals surface area contributed by atoms with Gasteiger partial charge in [0.1, 0.15) is 0 Å². The fraction of sp³-hybridized carbons (Fsp3) is 0.0952. The summed E-state index contributed by atoms with van der Waals surface area (Å²) in [6, 6.07) is 26.8. The van der Waals surface area contributed by atoms with E-state index in [0.29, 0.717) is 0 Å². The molecule has 1 fully saturated rings. The summed E-state index contributed by atoms with van der Waals surface area (Å²) in [5.41, 5.74) is 8.71. The topological polar surface area (TPSA) is 41.6 Å². The largest absolute Gasteiger partial charge is 0.399 e. The predicted molar refractivity (Wildman–Crippen MR) is 115 cm³/mol. The fourth-order valence-electron chi connectivity index (χ4n) is 2.71. The molecule has 0 atom stereocenters. The molecule has 1 aliphatic rings. The number of thioether (sulfide) groups is 1. The smallest absolute Gasteiger partial charge is 0.168 e. The molecule has 0 unspecified atom stereocenters. The van der Waals surface area contributed by atoms with E-state index in [9.17, 15) is 0 Å². The second kappa shape index (κ2) is 7.89. The van der Waals surface area contributed by atoms with E-state index in [1.54, 1.807) is 11.8 Å². The molecular formula is C21H19N3S2. The van der Waals surface area contributed by atoms with Crippen LogP contribution in [0.5, 0.6) is 0 Å². The van der Waals surface area contributed by atoms with Gasteiger partial charge in [0.2, 0.25) is 0 Å². The lowest BCUT2D eigenvalue weighted by atomic mass is 10.3. The van der Waals surface area contributed by atoms with Crippen molar-refractivity contribution >= 4 is 45.8 Å². The van der Waals surface area contributed by atoms with E-state index in [0.717, 1.165) is 28.8 Å². The molecule has 0 spiro atoms. The summed E-state index contributed by atoms with van der Waals surface area (Å²) < 4.78 is 0. The molecule has 0 bridgehead atoms. The minimum absolute atomic E-state index is 0.789. The van der Waals surface area contributed by atoms with E-state index >= 15 is 0 Å². The second-order valence-electron chi connectivity index (χ2n) is 5.90. The van der Waals surface area contributed by atoms with Crippen LogP contribution in [0.3, 0.4) is 0 Å². The molecule has 4 rings (SSSR count). The third-order valence-corrected chi connectivity index (χ3v) is 5.99. The highest BCUT2D eigenvalue weighted by atomic mass is 32.2. The van der Waals surface area contributed by atoms with Crippen molar-refractivity contribution in [3.8, 4) is 0 Å². The Labute approximate surface area is 162 Å². The maximum Gasteiger partial charge on any atom is 0.168 e. The quantitative estimate of drug-likeness (QED) is 0.596. The van der Waals surface area contributed by atoms with Gasteiger partial charge in [0, 0.05) is 33.5 Å². The number of hydrogen-bond donors (Lipinski definition) is 1. The van der Waals surface area contributed by atoms with Crippen LogP contribution in [-0.2, 0) is 0 Å². The van der Waals surface area contributed by atoms with E-state index in [2.05, 4.69) is 53.4 Å².